The van der Waals surface area contributed by atoms with E-state index in [1.165, 1.54) is 36.4 Å². The van der Waals surface area contributed by atoms with Crippen LogP contribution in [-0.2, 0) is 31.2 Å². The lowest BCUT2D eigenvalue weighted by atomic mass is 10.0. The van der Waals surface area contributed by atoms with Gasteiger partial charge in [0.25, 0.3) is 20.0 Å². The maximum absolute atomic E-state index is 13.6. The number of esters is 1. The van der Waals surface area contributed by atoms with Crippen LogP contribution in [0.25, 0.3) is 0 Å². The second kappa shape index (κ2) is 10.2. The monoisotopic (exact) mass is 570 g/mol. The molecule has 0 fully saturated rings. The maximum Gasteiger partial charge on any atom is 0.573 e. The van der Waals surface area contributed by atoms with Crippen LogP contribution in [0.1, 0.15) is 22.3 Å². The second-order valence-electron chi connectivity index (χ2n) is 8.14. The van der Waals surface area contributed by atoms with Crippen LogP contribution in [0.2, 0.25) is 0 Å². The molecule has 0 saturated carbocycles. The van der Waals surface area contributed by atoms with Crippen molar-refractivity contribution in [1.82, 2.24) is 0 Å². The molecule has 0 bridgehead atoms. The van der Waals surface area contributed by atoms with Crippen molar-refractivity contribution in [3.05, 3.63) is 77.9 Å². The molecule has 0 unspecified atom stereocenters. The molecule has 1 heterocycles. The van der Waals surface area contributed by atoms with Crippen molar-refractivity contribution in [1.29, 1.82) is 0 Å². The third-order valence-electron chi connectivity index (χ3n) is 5.64. The van der Waals surface area contributed by atoms with E-state index in [9.17, 15) is 34.8 Å². The average molecular weight is 571 g/mol. The highest BCUT2D eigenvalue weighted by molar-refractivity contribution is 7.93. The van der Waals surface area contributed by atoms with Crippen LogP contribution in [0.15, 0.2) is 76.5 Å². The zero-order chi connectivity index (χ0) is 27.7. The number of carbonyl (C=O) groups is 1. The van der Waals surface area contributed by atoms with Gasteiger partial charge in [-0.25, -0.2) is 21.6 Å². The predicted octanol–water partition coefficient (Wildman–Crippen LogP) is 4.31. The Morgan fingerprint density at radius 2 is 1.66 bits per heavy atom. The van der Waals surface area contributed by atoms with Gasteiger partial charge in [0, 0.05) is 6.54 Å². The van der Waals surface area contributed by atoms with Crippen LogP contribution >= 0.6 is 0 Å². The van der Waals surface area contributed by atoms with Crippen LogP contribution in [0.3, 0.4) is 0 Å². The van der Waals surface area contributed by atoms with E-state index in [2.05, 4.69) is 9.46 Å². The number of fused-ring (bicyclic) bond motifs is 1. The fraction of sp³-hybridized carbons (Fsp3) is 0.208. The quantitative estimate of drug-likeness (QED) is 0.421. The summed E-state index contributed by atoms with van der Waals surface area (Å²) in [7, 11) is -7.35. The van der Waals surface area contributed by atoms with Crippen LogP contribution in [0.4, 0.5) is 24.5 Å². The zero-order valence-electron chi connectivity index (χ0n) is 19.7. The number of sulfonamides is 2. The van der Waals surface area contributed by atoms with Gasteiger partial charge in [0.1, 0.15) is 10.6 Å². The lowest BCUT2D eigenvalue weighted by molar-refractivity contribution is -0.274. The summed E-state index contributed by atoms with van der Waals surface area (Å²) in [6, 6.07) is 13.6. The first-order valence-corrected chi connectivity index (χ1v) is 14.0. The number of hydrogen-bond acceptors (Lipinski definition) is 7. The molecule has 1 aliphatic rings. The number of carbonyl (C=O) groups excluding carboxylic acids is 1. The maximum atomic E-state index is 13.6. The normalized spacial score (nSPS) is 13.9. The Kier molecular flexibility index (Phi) is 7.30. The first-order chi connectivity index (χ1) is 17.8. The van der Waals surface area contributed by atoms with Gasteiger partial charge < -0.3 is 9.47 Å². The van der Waals surface area contributed by atoms with Crippen molar-refractivity contribution >= 4 is 37.4 Å². The van der Waals surface area contributed by atoms with Gasteiger partial charge in [0.15, 0.2) is 0 Å². The predicted molar refractivity (Wildman–Crippen MR) is 131 cm³/mol. The molecule has 0 saturated heterocycles. The number of halogens is 3. The van der Waals surface area contributed by atoms with Crippen LogP contribution in [0, 0.1) is 0 Å². The number of hydrogen-bond donors (Lipinski definition) is 1. The molecule has 4 rings (SSSR count). The van der Waals surface area contributed by atoms with Gasteiger partial charge in [-0.2, -0.15) is 0 Å². The summed E-state index contributed by atoms with van der Waals surface area (Å²) in [6.07, 6.45) is -3.90. The number of methoxy groups -OCH3 is 1. The smallest absolute Gasteiger partial charge is 0.465 e. The molecular formula is C24H21F3N2O7S2. The van der Waals surface area contributed by atoms with Crippen molar-refractivity contribution in [2.24, 2.45) is 0 Å². The second-order valence-corrected chi connectivity index (χ2v) is 11.6. The first kappa shape index (κ1) is 27.3. The first-order valence-electron chi connectivity index (χ1n) is 11.0. The Labute approximate surface area is 216 Å². The number of ether oxygens (including phenoxy) is 2. The minimum Gasteiger partial charge on any atom is -0.465 e. The SMILES string of the molecule is COC(=O)c1ccccc1S(=O)(=O)N1CCCc2ccc(NS(=O)(=O)c3ccc(OC(F)(F)F)cc3)cc21. The van der Waals surface area contributed by atoms with Crippen molar-refractivity contribution in [2.45, 2.75) is 29.0 Å². The van der Waals surface area contributed by atoms with Gasteiger partial charge in [-0.05, 0) is 66.9 Å². The molecule has 0 atom stereocenters. The molecule has 0 radical (unpaired) electrons. The summed E-state index contributed by atoms with van der Waals surface area (Å²) in [5.41, 5.74) is 0.761. The number of rotatable bonds is 7. The Bertz CT molecular complexity index is 1570. The number of benzene rings is 3. The van der Waals surface area contributed by atoms with Gasteiger partial charge >= 0.3 is 12.3 Å². The highest BCUT2D eigenvalue weighted by Crippen LogP contribution is 2.36. The van der Waals surface area contributed by atoms with Crippen molar-refractivity contribution in [3.63, 3.8) is 0 Å². The molecule has 202 valence electrons. The molecule has 38 heavy (non-hydrogen) atoms. The van der Waals surface area contributed by atoms with Crippen LogP contribution in [-0.4, -0.2) is 42.8 Å². The Hall–Kier alpha value is -3.78. The van der Waals surface area contributed by atoms with Crippen LogP contribution < -0.4 is 13.8 Å². The molecule has 0 aliphatic carbocycles. The lowest BCUT2D eigenvalue weighted by Crippen LogP contribution is -2.36. The third kappa shape index (κ3) is 5.70. The highest BCUT2D eigenvalue weighted by Gasteiger charge is 2.33. The summed E-state index contributed by atoms with van der Waals surface area (Å²) >= 11 is 0. The molecular weight excluding hydrogens is 549 g/mol. The van der Waals surface area contributed by atoms with Gasteiger partial charge in [-0.1, -0.05) is 18.2 Å². The van der Waals surface area contributed by atoms with Crippen molar-refractivity contribution in [3.8, 4) is 5.75 Å². The molecule has 1 aliphatic heterocycles. The fourth-order valence-corrected chi connectivity index (χ4v) is 6.74. The minimum absolute atomic E-state index is 0.0303. The average Bonchev–Trinajstić information content (AvgIpc) is 2.87. The van der Waals surface area contributed by atoms with E-state index in [0.717, 1.165) is 35.7 Å². The fourth-order valence-electron chi connectivity index (χ4n) is 3.98. The number of aryl methyl sites for hydroxylation is 1. The minimum atomic E-state index is -4.93. The summed E-state index contributed by atoms with van der Waals surface area (Å²) < 4.78 is 102. The van der Waals surface area contributed by atoms with Gasteiger partial charge in [0.2, 0.25) is 0 Å². The molecule has 0 aromatic heterocycles. The zero-order valence-corrected chi connectivity index (χ0v) is 21.4. The van der Waals surface area contributed by atoms with Crippen molar-refractivity contribution < 1.29 is 44.3 Å². The standard InChI is InChI=1S/C24H21F3N2O7S2/c1-35-23(30)20-6-2-3-7-22(20)38(33,34)29-14-4-5-16-8-9-17(15-21(16)29)28-37(31,32)19-12-10-18(11-13-19)36-24(25,26)27/h2-3,6-13,15,28H,4-5,14H2,1H3. The van der Waals surface area contributed by atoms with Gasteiger partial charge in [-0.15, -0.1) is 13.2 Å². The number of anilines is 2. The summed E-state index contributed by atoms with van der Waals surface area (Å²) in [6.45, 7) is 0.0850. The molecule has 14 heteroatoms. The molecule has 0 amide bonds. The van der Waals surface area contributed by atoms with Crippen LogP contribution in [0.5, 0.6) is 5.75 Å². The Morgan fingerprint density at radius 1 is 0.974 bits per heavy atom. The Balaban J connectivity index is 1.66. The van der Waals surface area contributed by atoms with E-state index >= 15 is 0 Å². The van der Waals surface area contributed by atoms with E-state index in [0.29, 0.717) is 18.4 Å². The molecule has 3 aromatic carbocycles. The molecule has 0 spiro atoms. The molecule has 3 aromatic rings. The third-order valence-corrected chi connectivity index (χ3v) is 8.91. The Morgan fingerprint density at radius 3 is 2.32 bits per heavy atom. The molecule has 9 nitrogen and oxygen atoms in total. The highest BCUT2D eigenvalue weighted by atomic mass is 32.2. The topological polar surface area (TPSA) is 119 Å². The van der Waals surface area contributed by atoms with E-state index in [1.807, 2.05) is 0 Å². The van der Waals surface area contributed by atoms with E-state index in [1.54, 1.807) is 6.07 Å². The molecule has 1 N–H and O–H groups in total. The number of alkyl halides is 3. The number of nitrogens with one attached hydrogen (secondary N) is 1. The van der Waals surface area contributed by atoms with E-state index in [-0.39, 0.29) is 33.3 Å². The van der Waals surface area contributed by atoms with Gasteiger partial charge in [0.05, 0.1) is 28.9 Å². The lowest BCUT2D eigenvalue weighted by Gasteiger charge is -2.31. The van der Waals surface area contributed by atoms with E-state index < -0.39 is 38.1 Å². The van der Waals surface area contributed by atoms with E-state index in [4.69, 9.17) is 4.74 Å². The summed E-state index contributed by atoms with van der Waals surface area (Å²) in [5.74, 6) is -1.41. The summed E-state index contributed by atoms with van der Waals surface area (Å²) in [5, 5.41) is 0. The number of nitrogens with zero attached hydrogens (tertiary/aromatic N) is 1. The largest absolute Gasteiger partial charge is 0.573 e. The van der Waals surface area contributed by atoms with Gasteiger partial charge in [-0.3, -0.25) is 9.03 Å². The van der Waals surface area contributed by atoms with Crippen molar-refractivity contribution in [2.75, 3.05) is 22.7 Å². The summed E-state index contributed by atoms with van der Waals surface area (Å²) in [4.78, 5) is 11.6.